The summed E-state index contributed by atoms with van der Waals surface area (Å²) in [7, 11) is 5.68. The van der Waals surface area contributed by atoms with E-state index in [0.29, 0.717) is 40.3 Å². The number of aromatic nitrogens is 3. The third-order valence-electron chi connectivity index (χ3n) is 6.27. The molecule has 0 radical (unpaired) electrons. The third-order valence-corrected chi connectivity index (χ3v) is 7.44. The first-order valence-corrected chi connectivity index (χ1v) is 13.0. The number of hydrogen-bond acceptors (Lipinski definition) is 7. The molecule has 4 aromatic rings. The van der Waals surface area contributed by atoms with Gasteiger partial charge in [0, 0.05) is 36.8 Å². The van der Waals surface area contributed by atoms with Crippen LogP contribution in [0.15, 0.2) is 36.4 Å². The Morgan fingerprint density at radius 3 is 2.81 bits per heavy atom. The molecule has 1 atom stereocenters. The van der Waals surface area contributed by atoms with Crippen LogP contribution in [0.2, 0.25) is 5.02 Å². The zero-order chi connectivity index (χ0) is 25.4. The van der Waals surface area contributed by atoms with Crippen molar-refractivity contribution in [3.63, 3.8) is 0 Å². The molecule has 1 aliphatic heterocycles. The number of nitrogens with zero attached hydrogens (tertiary/aromatic N) is 5. The van der Waals surface area contributed by atoms with E-state index in [1.54, 1.807) is 12.1 Å². The summed E-state index contributed by atoms with van der Waals surface area (Å²) in [6.07, 6.45) is 1.72. The fourth-order valence-electron chi connectivity index (χ4n) is 4.46. The molecule has 0 unspecified atom stereocenters. The molecule has 11 heteroatoms. The van der Waals surface area contributed by atoms with Gasteiger partial charge in [-0.25, -0.2) is 9.97 Å². The maximum Gasteiger partial charge on any atom is 0.251 e. The number of piperidine rings is 1. The maximum absolute atomic E-state index is 13.0. The average Bonchev–Trinajstić information content (AvgIpc) is 3.38. The molecule has 36 heavy (non-hydrogen) atoms. The minimum atomic E-state index is -0.160. The van der Waals surface area contributed by atoms with E-state index >= 15 is 0 Å². The number of imidazole rings is 1. The van der Waals surface area contributed by atoms with Crippen molar-refractivity contribution in [3.8, 4) is 0 Å². The van der Waals surface area contributed by atoms with Gasteiger partial charge in [0.05, 0.1) is 27.8 Å². The summed E-state index contributed by atoms with van der Waals surface area (Å²) in [6.45, 7) is 1.64. The number of aryl methyl sites for hydroxylation is 1. The normalized spacial score (nSPS) is 16.1. The molecule has 0 spiro atoms. The highest BCUT2D eigenvalue weighted by Crippen LogP contribution is 2.31. The Morgan fingerprint density at radius 2 is 2.00 bits per heavy atom. The highest BCUT2D eigenvalue weighted by atomic mass is 35.5. The zero-order valence-corrected chi connectivity index (χ0v) is 22.0. The van der Waals surface area contributed by atoms with E-state index in [9.17, 15) is 9.59 Å². The molecule has 2 aromatic heterocycles. The van der Waals surface area contributed by atoms with Crippen LogP contribution >= 0.6 is 22.9 Å². The van der Waals surface area contributed by atoms with Crippen molar-refractivity contribution in [3.05, 3.63) is 47.0 Å². The summed E-state index contributed by atoms with van der Waals surface area (Å²) in [6, 6.07) is 11.0. The molecule has 0 aliphatic carbocycles. The summed E-state index contributed by atoms with van der Waals surface area (Å²) in [4.78, 5) is 38.5. The lowest BCUT2D eigenvalue weighted by atomic mass is 10.0. The van der Waals surface area contributed by atoms with Crippen LogP contribution in [0, 0.1) is 0 Å². The quantitative estimate of drug-likeness (QED) is 0.397. The van der Waals surface area contributed by atoms with Crippen molar-refractivity contribution in [1.29, 1.82) is 0 Å². The van der Waals surface area contributed by atoms with Gasteiger partial charge in [0.15, 0.2) is 5.13 Å². The predicted octanol–water partition coefficient (Wildman–Crippen LogP) is 3.86. The van der Waals surface area contributed by atoms with Crippen LogP contribution in [0.3, 0.4) is 0 Å². The minimum absolute atomic E-state index is 0.0680. The Kier molecular flexibility index (Phi) is 6.83. The fourth-order valence-corrected chi connectivity index (χ4v) is 5.60. The van der Waals surface area contributed by atoms with Gasteiger partial charge in [-0.15, -0.1) is 0 Å². The van der Waals surface area contributed by atoms with Crippen LogP contribution in [0.25, 0.3) is 21.3 Å². The van der Waals surface area contributed by atoms with Gasteiger partial charge < -0.3 is 25.0 Å². The predicted molar refractivity (Wildman–Crippen MR) is 144 cm³/mol. The van der Waals surface area contributed by atoms with E-state index in [1.807, 2.05) is 59.8 Å². The number of rotatable bonds is 6. The molecule has 5 rings (SSSR count). The first-order valence-electron chi connectivity index (χ1n) is 11.8. The smallest absolute Gasteiger partial charge is 0.251 e. The molecule has 188 valence electrons. The third kappa shape index (κ3) is 5.16. The second kappa shape index (κ2) is 10.0. The van der Waals surface area contributed by atoms with E-state index < -0.39 is 0 Å². The highest BCUT2D eigenvalue weighted by Gasteiger charge is 2.25. The number of amides is 2. The SMILES string of the molecule is CN(C)CC(=O)N1CCC[C@H](NC(=O)c2ccc3c(c2)nc(Nc2nc4ccc(Cl)cc4s2)n3C)C1. The number of nitrogens with one attached hydrogen (secondary N) is 2. The van der Waals surface area contributed by atoms with Crippen molar-refractivity contribution in [2.45, 2.75) is 18.9 Å². The monoisotopic (exact) mass is 525 g/mol. The first kappa shape index (κ1) is 24.5. The molecule has 3 heterocycles. The molecular weight excluding hydrogens is 498 g/mol. The van der Waals surface area contributed by atoms with Crippen LogP contribution < -0.4 is 10.6 Å². The lowest BCUT2D eigenvalue weighted by molar-refractivity contribution is -0.133. The number of thiazole rings is 1. The Bertz CT molecular complexity index is 1450. The van der Waals surface area contributed by atoms with E-state index in [1.165, 1.54) is 11.3 Å². The van der Waals surface area contributed by atoms with Crippen LogP contribution in [0.5, 0.6) is 0 Å². The molecule has 1 fully saturated rings. The minimum Gasteiger partial charge on any atom is -0.348 e. The lowest BCUT2D eigenvalue weighted by Crippen LogP contribution is -2.51. The Morgan fingerprint density at radius 1 is 1.17 bits per heavy atom. The molecule has 2 amide bonds. The van der Waals surface area contributed by atoms with Crippen molar-refractivity contribution in [2.75, 3.05) is 39.0 Å². The molecule has 1 aliphatic rings. The number of anilines is 2. The van der Waals surface area contributed by atoms with Crippen LogP contribution in [-0.4, -0.2) is 75.9 Å². The van der Waals surface area contributed by atoms with E-state index in [4.69, 9.17) is 16.6 Å². The van der Waals surface area contributed by atoms with Gasteiger partial charge in [0.1, 0.15) is 0 Å². The van der Waals surface area contributed by atoms with Crippen LogP contribution in [0.4, 0.5) is 11.1 Å². The van der Waals surface area contributed by atoms with Crippen molar-refractivity contribution >= 4 is 67.1 Å². The van der Waals surface area contributed by atoms with Gasteiger partial charge in [-0.1, -0.05) is 22.9 Å². The van der Waals surface area contributed by atoms with E-state index in [2.05, 4.69) is 15.6 Å². The van der Waals surface area contributed by atoms with Crippen LogP contribution in [0.1, 0.15) is 23.2 Å². The number of likely N-dealkylation sites (tertiary alicyclic amines) is 1. The van der Waals surface area contributed by atoms with Gasteiger partial charge in [-0.3, -0.25) is 9.59 Å². The number of likely N-dealkylation sites (N-methyl/N-ethyl adjacent to an activating group) is 1. The molecular formula is C25H28ClN7O2S. The summed E-state index contributed by atoms with van der Waals surface area (Å²) >= 11 is 7.60. The van der Waals surface area contributed by atoms with Gasteiger partial charge in [-0.2, -0.15) is 0 Å². The van der Waals surface area contributed by atoms with Gasteiger partial charge in [0.25, 0.3) is 5.91 Å². The largest absolute Gasteiger partial charge is 0.348 e. The Labute approximate surface area is 218 Å². The summed E-state index contributed by atoms with van der Waals surface area (Å²) < 4.78 is 2.93. The topological polar surface area (TPSA) is 95.4 Å². The number of carbonyl (C=O) groups excluding carboxylic acids is 2. The molecule has 2 aromatic carbocycles. The summed E-state index contributed by atoms with van der Waals surface area (Å²) in [5.74, 6) is 0.562. The molecule has 0 saturated carbocycles. The molecule has 0 bridgehead atoms. The summed E-state index contributed by atoms with van der Waals surface area (Å²) in [5.41, 5.74) is 3.02. The van der Waals surface area contributed by atoms with Crippen molar-refractivity contribution in [1.82, 2.24) is 29.7 Å². The van der Waals surface area contributed by atoms with Crippen molar-refractivity contribution in [2.24, 2.45) is 7.05 Å². The zero-order valence-electron chi connectivity index (χ0n) is 20.4. The number of benzene rings is 2. The second-order valence-electron chi connectivity index (χ2n) is 9.34. The van der Waals surface area contributed by atoms with E-state index in [-0.39, 0.29) is 17.9 Å². The van der Waals surface area contributed by atoms with Crippen LogP contribution in [-0.2, 0) is 11.8 Å². The van der Waals surface area contributed by atoms with E-state index in [0.717, 1.165) is 35.1 Å². The summed E-state index contributed by atoms with van der Waals surface area (Å²) in [5, 5.41) is 7.78. The number of fused-ring (bicyclic) bond motifs is 2. The average molecular weight is 526 g/mol. The lowest BCUT2D eigenvalue weighted by Gasteiger charge is -2.33. The Hall–Kier alpha value is -3.21. The number of halogens is 1. The highest BCUT2D eigenvalue weighted by molar-refractivity contribution is 7.22. The first-order chi connectivity index (χ1) is 17.3. The second-order valence-corrected chi connectivity index (χ2v) is 10.8. The number of carbonyl (C=O) groups is 2. The molecule has 1 saturated heterocycles. The van der Waals surface area contributed by atoms with Gasteiger partial charge in [-0.05, 0) is 63.3 Å². The molecule has 2 N–H and O–H groups in total. The Balaban J connectivity index is 1.29. The fraction of sp³-hybridized carbons (Fsp3) is 0.360. The molecule has 9 nitrogen and oxygen atoms in total. The maximum atomic E-state index is 13.0. The standard InChI is InChI=1S/C25H28ClN7O2S/c1-31(2)14-22(34)33-10-4-5-17(13-33)27-23(35)15-6-9-20-19(11-15)28-24(32(20)3)30-25-29-18-8-7-16(26)12-21(18)36-25/h6-9,11-12,17H,4-5,10,13-14H2,1-3H3,(H,27,35)(H,28,29,30)/t17-/m0/s1. The van der Waals surface area contributed by atoms with Gasteiger partial charge >= 0.3 is 0 Å². The van der Waals surface area contributed by atoms with Gasteiger partial charge in [0.2, 0.25) is 11.9 Å². The van der Waals surface area contributed by atoms with Crippen molar-refractivity contribution < 1.29 is 9.59 Å². The number of hydrogen-bond donors (Lipinski definition) is 2.